The van der Waals surface area contributed by atoms with Gasteiger partial charge in [-0.1, -0.05) is 36.4 Å². The van der Waals surface area contributed by atoms with Gasteiger partial charge in [0.15, 0.2) is 0 Å². The van der Waals surface area contributed by atoms with Gasteiger partial charge < -0.3 is 5.32 Å². The number of para-hydroxylation sites is 1. The van der Waals surface area contributed by atoms with Crippen molar-refractivity contribution in [3.8, 4) is 0 Å². The van der Waals surface area contributed by atoms with Crippen molar-refractivity contribution in [3.63, 3.8) is 0 Å². The highest BCUT2D eigenvalue weighted by Crippen LogP contribution is 2.44. The lowest BCUT2D eigenvalue weighted by Crippen LogP contribution is -2.35. The molecule has 2 fully saturated rings. The molecular weight excluding hydrogens is 432 g/mol. The van der Waals surface area contributed by atoms with E-state index in [0.717, 1.165) is 34.9 Å². The molecule has 1 amide bonds. The van der Waals surface area contributed by atoms with Gasteiger partial charge in [0.25, 0.3) is 0 Å². The van der Waals surface area contributed by atoms with Gasteiger partial charge in [0.2, 0.25) is 15.9 Å². The SMILES string of the molecule is N=C1/C(=C2\Nc3ccccc3S2)CC(=O)N1c1cccc(S(=O)(=O)N2CCCCC2)c1. The topological polar surface area (TPSA) is 93.6 Å². The number of hydrogen-bond acceptors (Lipinski definition) is 6. The third-order valence-electron chi connectivity index (χ3n) is 5.74. The normalized spacial score (nSPS) is 22.0. The van der Waals surface area contributed by atoms with Crippen LogP contribution >= 0.6 is 11.8 Å². The second-order valence-corrected chi connectivity index (χ2v) is 10.7. The van der Waals surface area contributed by atoms with Crippen LogP contribution in [0.4, 0.5) is 11.4 Å². The minimum Gasteiger partial charge on any atom is -0.349 e. The van der Waals surface area contributed by atoms with Gasteiger partial charge in [-0.15, -0.1) is 0 Å². The van der Waals surface area contributed by atoms with E-state index in [-0.39, 0.29) is 23.1 Å². The smallest absolute Gasteiger partial charge is 0.243 e. The van der Waals surface area contributed by atoms with E-state index in [4.69, 9.17) is 5.41 Å². The van der Waals surface area contributed by atoms with Crippen molar-refractivity contribution in [2.75, 3.05) is 23.3 Å². The number of amides is 1. The van der Waals surface area contributed by atoms with Gasteiger partial charge >= 0.3 is 0 Å². The molecular formula is C22H22N4O3S2. The van der Waals surface area contributed by atoms with E-state index >= 15 is 0 Å². The number of nitrogens with one attached hydrogen (secondary N) is 2. The first kappa shape index (κ1) is 20.3. The molecule has 2 saturated heterocycles. The lowest BCUT2D eigenvalue weighted by Gasteiger charge is -2.26. The summed E-state index contributed by atoms with van der Waals surface area (Å²) in [6.07, 6.45) is 2.86. The summed E-state index contributed by atoms with van der Waals surface area (Å²) in [5.74, 6) is -0.154. The summed E-state index contributed by atoms with van der Waals surface area (Å²) in [7, 11) is -3.62. The first-order valence-corrected chi connectivity index (χ1v) is 12.5. The molecule has 0 saturated carbocycles. The van der Waals surface area contributed by atoms with E-state index < -0.39 is 10.0 Å². The molecule has 2 aromatic rings. The summed E-state index contributed by atoms with van der Waals surface area (Å²) < 4.78 is 27.6. The van der Waals surface area contributed by atoms with Crippen molar-refractivity contribution in [3.05, 3.63) is 59.1 Å². The van der Waals surface area contributed by atoms with Crippen LogP contribution in [-0.4, -0.2) is 37.6 Å². The van der Waals surface area contributed by atoms with Crippen LogP contribution in [0.1, 0.15) is 25.7 Å². The molecule has 0 spiro atoms. The number of rotatable bonds is 3. The number of amidine groups is 1. The molecule has 9 heteroatoms. The van der Waals surface area contributed by atoms with Crippen molar-refractivity contribution in [1.29, 1.82) is 5.41 Å². The van der Waals surface area contributed by atoms with Crippen LogP contribution < -0.4 is 10.2 Å². The van der Waals surface area contributed by atoms with E-state index in [1.54, 1.807) is 18.2 Å². The second kappa shape index (κ2) is 7.81. The Morgan fingerprint density at radius 3 is 2.55 bits per heavy atom. The summed E-state index contributed by atoms with van der Waals surface area (Å²) in [5, 5.41) is 12.7. The summed E-state index contributed by atoms with van der Waals surface area (Å²) >= 11 is 1.51. The van der Waals surface area contributed by atoms with Gasteiger partial charge in [0.1, 0.15) is 5.84 Å². The highest BCUT2D eigenvalue weighted by molar-refractivity contribution is 8.03. The standard InChI is InChI=1S/C22H22N4O3S2/c23-21-17(22-24-18-9-2-3-10-19(18)30-22)14-20(27)26(21)15-7-6-8-16(13-15)31(28,29)25-11-4-1-5-12-25/h2-3,6-10,13,23-24H,1,4-5,11-12,14H2/b22-17+,23-21?. The fraction of sp³-hybridized carbons (Fsp3) is 0.273. The van der Waals surface area contributed by atoms with Gasteiger partial charge in [0, 0.05) is 23.6 Å². The van der Waals surface area contributed by atoms with Crippen molar-refractivity contribution >= 4 is 44.9 Å². The molecule has 0 unspecified atom stereocenters. The minimum absolute atomic E-state index is 0.0836. The van der Waals surface area contributed by atoms with Gasteiger partial charge in [-0.2, -0.15) is 4.31 Å². The molecule has 0 radical (unpaired) electrons. The van der Waals surface area contributed by atoms with Gasteiger partial charge in [-0.05, 0) is 43.2 Å². The third kappa shape index (κ3) is 3.56. The summed E-state index contributed by atoms with van der Waals surface area (Å²) in [5.41, 5.74) is 1.99. The van der Waals surface area contributed by atoms with Crippen molar-refractivity contribution in [2.45, 2.75) is 35.5 Å². The Morgan fingerprint density at radius 2 is 1.77 bits per heavy atom. The van der Waals surface area contributed by atoms with Crippen LogP contribution in [0.3, 0.4) is 0 Å². The van der Waals surface area contributed by atoms with Crippen LogP contribution in [0.5, 0.6) is 0 Å². The fourth-order valence-corrected chi connectivity index (χ4v) is 6.73. The second-order valence-electron chi connectivity index (χ2n) is 7.75. The number of piperidine rings is 1. The highest BCUT2D eigenvalue weighted by atomic mass is 32.2. The Hall–Kier alpha value is -2.62. The Labute approximate surface area is 185 Å². The lowest BCUT2D eigenvalue weighted by atomic mass is 10.2. The van der Waals surface area contributed by atoms with Crippen LogP contribution in [0, 0.1) is 5.41 Å². The summed E-state index contributed by atoms with van der Waals surface area (Å²) in [4.78, 5) is 15.4. The number of sulfonamides is 1. The molecule has 3 heterocycles. The summed E-state index contributed by atoms with van der Waals surface area (Å²) in [6, 6.07) is 14.2. The third-order valence-corrected chi connectivity index (χ3v) is 8.76. The quantitative estimate of drug-likeness (QED) is 0.731. The van der Waals surface area contributed by atoms with E-state index in [2.05, 4.69) is 5.32 Å². The zero-order valence-corrected chi connectivity index (χ0v) is 18.4. The number of anilines is 2. The molecule has 160 valence electrons. The molecule has 2 aromatic carbocycles. The van der Waals surface area contributed by atoms with E-state index in [9.17, 15) is 13.2 Å². The Morgan fingerprint density at radius 1 is 1.00 bits per heavy atom. The average Bonchev–Trinajstić information content (AvgIpc) is 3.34. The van der Waals surface area contributed by atoms with Crippen LogP contribution in [0.2, 0.25) is 0 Å². The molecule has 3 aliphatic rings. The highest BCUT2D eigenvalue weighted by Gasteiger charge is 2.36. The van der Waals surface area contributed by atoms with Gasteiger partial charge in [-0.25, -0.2) is 8.42 Å². The van der Waals surface area contributed by atoms with Gasteiger partial charge in [-0.3, -0.25) is 15.1 Å². The molecule has 2 N–H and O–H groups in total. The molecule has 31 heavy (non-hydrogen) atoms. The van der Waals surface area contributed by atoms with Crippen LogP contribution in [0.15, 0.2) is 68.9 Å². The van der Waals surface area contributed by atoms with Gasteiger partial charge in [0.05, 0.1) is 27.7 Å². The summed E-state index contributed by atoms with van der Waals surface area (Å²) in [6.45, 7) is 1.04. The van der Waals surface area contributed by atoms with Crippen LogP contribution in [-0.2, 0) is 14.8 Å². The van der Waals surface area contributed by atoms with E-state index in [1.807, 2.05) is 24.3 Å². The fourth-order valence-electron chi connectivity index (χ4n) is 4.13. The zero-order chi connectivity index (χ0) is 21.6. The maximum absolute atomic E-state index is 13.1. The number of nitrogens with zero attached hydrogens (tertiary/aromatic N) is 2. The number of benzene rings is 2. The molecule has 7 nitrogen and oxygen atoms in total. The van der Waals surface area contributed by atoms with E-state index in [1.165, 1.54) is 27.0 Å². The number of fused-ring (bicyclic) bond motifs is 1. The van der Waals surface area contributed by atoms with Crippen molar-refractivity contribution < 1.29 is 13.2 Å². The number of thioether (sulfide) groups is 1. The van der Waals surface area contributed by atoms with Crippen molar-refractivity contribution in [2.24, 2.45) is 0 Å². The predicted octanol–water partition coefficient (Wildman–Crippen LogP) is 4.00. The first-order chi connectivity index (χ1) is 14.9. The molecule has 0 aliphatic carbocycles. The number of carbonyl (C=O) groups excluding carboxylic acids is 1. The Bertz CT molecular complexity index is 1190. The predicted molar refractivity (Wildman–Crippen MR) is 122 cm³/mol. The lowest BCUT2D eigenvalue weighted by molar-refractivity contribution is -0.116. The molecule has 5 rings (SSSR count). The largest absolute Gasteiger partial charge is 0.349 e. The Balaban J connectivity index is 1.45. The van der Waals surface area contributed by atoms with Crippen LogP contribution in [0.25, 0.3) is 0 Å². The maximum atomic E-state index is 13.1. The number of carbonyl (C=O) groups is 1. The Kier molecular flexibility index (Phi) is 5.11. The first-order valence-electron chi connectivity index (χ1n) is 10.2. The average molecular weight is 455 g/mol. The monoisotopic (exact) mass is 454 g/mol. The maximum Gasteiger partial charge on any atom is 0.243 e. The molecule has 3 aliphatic heterocycles. The minimum atomic E-state index is -3.62. The van der Waals surface area contributed by atoms with E-state index in [0.29, 0.717) is 24.4 Å². The number of hydrogen-bond donors (Lipinski definition) is 2. The molecule has 0 atom stereocenters. The van der Waals surface area contributed by atoms with Crippen molar-refractivity contribution in [1.82, 2.24) is 4.31 Å². The molecule has 0 bridgehead atoms. The molecule has 0 aromatic heterocycles. The zero-order valence-electron chi connectivity index (χ0n) is 16.8.